The molecule has 3 heteroatoms. The molecule has 1 unspecified atom stereocenters. The van der Waals surface area contributed by atoms with Crippen LogP contribution in [0.15, 0.2) is 48.5 Å². The maximum atomic E-state index is 12.3. The van der Waals surface area contributed by atoms with Crippen molar-refractivity contribution in [3.63, 3.8) is 0 Å². The van der Waals surface area contributed by atoms with Gasteiger partial charge in [-0.05, 0) is 31.0 Å². The summed E-state index contributed by atoms with van der Waals surface area (Å²) >= 11 is 0. The number of aryl methyl sites for hydroxylation is 1. The minimum atomic E-state index is 0.0750. The van der Waals surface area contributed by atoms with Gasteiger partial charge in [-0.3, -0.25) is 4.79 Å². The number of hydrogen-bond donors (Lipinski definition) is 1. The van der Waals surface area contributed by atoms with E-state index < -0.39 is 0 Å². The van der Waals surface area contributed by atoms with E-state index in [4.69, 9.17) is 0 Å². The molecule has 2 aromatic carbocycles. The average Bonchev–Trinajstić information content (AvgIpc) is 3.03. The number of aromatic amines is 1. The van der Waals surface area contributed by atoms with Crippen LogP contribution in [0.25, 0.3) is 10.9 Å². The molecule has 1 aliphatic rings. The largest absolute Gasteiger partial charge is 0.358 e. The van der Waals surface area contributed by atoms with Gasteiger partial charge in [-0.2, -0.15) is 0 Å². The number of H-pyrrole nitrogens is 1. The van der Waals surface area contributed by atoms with Crippen LogP contribution in [0, 0.1) is 6.92 Å². The predicted molar refractivity (Wildman–Crippen MR) is 89.1 cm³/mol. The average molecular weight is 290 g/mol. The fourth-order valence-electron chi connectivity index (χ4n) is 3.73. The fourth-order valence-corrected chi connectivity index (χ4v) is 3.73. The quantitative estimate of drug-likeness (QED) is 0.719. The van der Waals surface area contributed by atoms with E-state index in [1.165, 1.54) is 16.5 Å². The number of benzene rings is 2. The van der Waals surface area contributed by atoms with Crippen molar-refractivity contribution in [3.8, 4) is 0 Å². The molecular weight excluding hydrogens is 272 g/mol. The molecule has 22 heavy (non-hydrogen) atoms. The van der Waals surface area contributed by atoms with Gasteiger partial charge in [0.25, 0.3) is 0 Å². The summed E-state index contributed by atoms with van der Waals surface area (Å²) < 4.78 is 0. The van der Waals surface area contributed by atoms with E-state index in [2.05, 4.69) is 36.2 Å². The molecule has 110 valence electrons. The SMILES string of the molecule is CC(=O)N1c2ccccc2CC1c1c(C)[nH]c2ccccc12. The third-order valence-corrected chi connectivity index (χ3v) is 4.59. The van der Waals surface area contributed by atoms with Crippen LogP contribution in [0.1, 0.15) is 29.8 Å². The number of aromatic nitrogens is 1. The van der Waals surface area contributed by atoms with Gasteiger partial charge in [0, 0.05) is 34.8 Å². The molecule has 1 aromatic heterocycles. The number of nitrogens with zero attached hydrogens (tertiary/aromatic N) is 1. The van der Waals surface area contributed by atoms with Crippen molar-refractivity contribution >= 4 is 22.5 Å². The number of rotatable bonds is 1. The van der Waals surface area contributed by atoms with Crippen LogP contribution >= 0.6 is 0 Å². The lowest BCUT2D eigenvalue weighted by Crippen LogP contribution is -2.30. The van der Waals surface area contributed by atoms with Gasteiger partial charge in [-0.25, -0.2) is 0 Å². The fraction of sp³-hybridized carbons (Fsp3) is 0.211. The van der Waals surface area contributed by atoms with Crippen molar-refractivity contribution in [2.24, 2.45) is 0 Å². The number of carbonyl (C=O) groups excluding carboxylic acids is 1. The Kier molecular flexibility index (Phi) is 2.83. The van der Waals surface area contributed by atoms with E-state index >= 15 is 0 Å². The first-order valence-electron chi connectivity index (χ1n) is 7.61. The minimum Gasteiger partial charge on any atom is -0.358 e. The highest BCUT2D eigenvalue weighted by Crippen LogP contribution is 2.43. The van der Waals surface area contributed by atoms with E-state index in [0.29, 0.717) is 0 Å². The van der Waals surface area contributed by atoms with E-state index in [0.717, 1.165) is 23.3 Å². The van der Waals surface area contributed by atoms with Gasteiger partial charge >= 0.3 is 0 Å². The van der Waals surface area contributed by atoms with Crippen molar-refractivity contribution in [1.29, 1.82) is 0 Å². The molecule has 1 N–H and O–H groups in total. The first-order chi connectivity index (χ1) is 10.7. The van der Waals surface area contributed by atoms with Gasteiger partial charge in [0.05, 0.1) is 6.04 Å². The third-order valence-electron chi connectivity index (χ3n) is 4.59. The zero-order valence-corrected chi connectivity index (χ0v) is 12.8. The van der Waals surface area contributed by atoms with E-state index in [1.54, 1.807) is 6.92 Å². The maximum absolute atomic E-state index is 12.3. The van der Waals surface area contributed by atoms with Crippen molar-refractivity contribution < 1.29 is 4.79 Å². The first kappa shape index (κ1) is 13.1. The molecule has 4 rings (SSSR count). The van der Waals surface area contributed by atoms with Crippen molar-refractivity contribution in [2.75, 3.05) is 4.90 Å². The van der Waals surface area contributed by atoms with Gasteiger partial charge < -0.3 is 9.88 Å². The zero-order chi connectivity index (χ0) is 15.3. The molecule has 0 spiro atoms. The van der Waals surface area contributed by atoms with Gasteiger partial charge in [-0.15, -0.1) is 0 Å². The lowest BCUT2D eigenvalue weighted by atomic mass is 9.99. The highest BCUT2D eigenvalue weighted by Gasteiger charge is 2.35. The third kappa shape index (κ3) is 1.78. The van der Waals surface area contributed by atoms with Crippen molar-refractivity contribution in [2.45, 2.75) is 26.3 Å². The Morgan fingerprint density at radius 1 is 1.14 bits per heavy atom. The summed E-state index contributed by atoms with van der Waals surface area (Å²) in [4.78, 5) is 17.7. The summed E-state index contributed by atoms with van der Waals surface area (Å²) in [6.07, 6.45) is 0.873. The number of para-hydroxylation sites is 2. The standard InChI is InChI=1S/C19H18N2O/c1-12-19(15-8-4-5-9-16(15)20-12)18-11-14-7-3-6-10-17(14)21(18)13(2)22/h3-10,18,20H,11H2,1-2H3. The summed E-state index contributed by atoms with van der Waals surface area (Å²) in [5, 5.41) is 1.21. The molecule has 1 atom stereocenters. The lowest BCUT2D eigenvalue weighted by molar-refractivity contribution is -0.116. The van der Waals surface area contributed by atoms with Crippen molar-refractivity contribution in [1.82, 2.24) is 4.98 Å². The second kappa shape index (κ2) is 4.73. The van der Waals surface area contributed by atoms with E-state index in [-0.39, 0.29) is 11.9 Å². The second-order valence-corrected chi connectivity index (χ2v) is 5.95. The zero-order valence-electron chi connectivity index (χ0n) is 12.8. The van der Waals surface area contributed by atoms with Crippen LogP contribution in [-0.2, 0) is 11.2 Å². The number of carbonyl (C=O) groups is 1. The molecule has 0 saturated heterocycles. The van der Waals surface area contributed by atoms with Crippen LogP contribution in [0.4, 0.5) is 5.69 Å². The van der Waals surface area contributed by atoms with Gasteiger partial charge in [0.1, 0.15) is 0 Å². The number of fused-ring (bicyclic) bond motifs is 2. The summed E-state index contributed by atoms with van der Waals surface area (Å²) in [6, 6.07) is 16.6. The highest BCUT2D eigenvalue weighted by molar-refractivity contribution is 5.96. The summed E-state index contributed by atoms with van der Waals surface area (Å²) in [5.41, 5.74) is 5.80. The van der Waals surface area contributed by atoms with Crippen LogP contribution in [-0.4, -0.2) is 10.9 Å². The molecule has 0 bridgehead atoms. The predicted octanol–water partition coefficient (Wildman–Crippen LogP) is 4.13. The van der Waals surface area contributed by atoms with Gasteiger partial charge in [-0.1, -0.05) is 36.4 Å². The normalized spacial score (nSPS) is 17.0. The summed E-state index contributed by atoms with van der Waals surface area (Å²) in [7, 11) is 0. The Labute approximate surface area is 129 Å². The Morgan fingerprint density at radius 3 is 2.68 bits per heavy atom. The Bertz CT molecular complexity index is 878. The van der Waals surface area contributed by atoms with Gasteiger partial charge in [0.2, 0.25) is 5.91 Å². The second-order valence-electron chi connectivity index (χ2n) is 5.95. The monoisotopic (exact) mass is 290 g/mol. The van der Waals surface area contributed by atoms with E-state index in [9.17, 15) is 4.79 Å². The molecule has 0 aliphatic carbocycles. The Morgan fingerprint density at radius 2 is 1.86 bits per heavy atom. The molecule has 2 heterocycles. The Hall–Kier alpha value is -2.55. The topological polar surface area (TPSA) is 36.1 Å². The van der Waals surface area contributed by atoms with Crippen LogP contribution in [0.2, 0.25) is 0 Å². The first-order valence-corrected chi connectivity index (χ1v) is 7.61. The van der Waals surface area contributed by atoms with Crippen LogP contribution in [0.5, 0.6) is 0 Å². The molecule has 3 nitrogen and oxygen atoms in total. The number of anilines is 1. The lowest BCUT2D eigenvalue weighted by Gasteiger charge is -2.25. The summed E-state index contributed by atoms with van der Waals surface area (Å²) in [6.45, 7) is 3.75. The molecular formula is C19H18N2O. The number of hydrogen-bond acceptors (Lipinski definition) is 1. The Balaban J connectivity index is 1.92. The van der Waals surface area contributed by atoms with Crippen LogP contribution < -0.4 is 4.90 Å². The maximum Gasteiger partial charge on any atom is 0.224 e. The van der Waals surface area contributed by atoms with Crippen LogP contribution in [0.3, 0.4) is 0 Å². The molecule has 0 radical (unpaired) electrons. The molecule has 3 aromatic rings. The van der Waals surface area contributed by atoms with Gasteiger partial charge in [0.15, 0.2) is 0 Å². The smallest absolute Gasteiger partial charge is 0.224 e. The minimum absolute atomic E-state index is 0.0750. The molecule has 0 fully saturated rings. The summed E-state index contributed by atoms with van der Waals surface area (Å²) in [5.74, 6) is 0.0969. The van der Waals surface area contributed by atoms with E-state index in [1.807, 2.05) is 29.2 Å². The molecule has 1 aliphatic heterocycles. The highest BCUT2D eigenvalue weighted by atomic mass is 16.2. The van der Waals surface area contributed by atoms with Crippen molar-refractivity contribution in [3.05, 3.63) is 65.4 Å². The number of amides is 1. The number of nitrogens with one attached hydrogen (secondary N) is 1. The molecule has 1 amide bonds. The molecule has 0 saturated carbocycles.